The molecule has 0 spiro atoms. The van der Waals surface area contributed by atoms with Gasteiger partial charge in [-0.15, -0.1) is 0 Å². The fourth-order valence-electron chi connectivity index (χ4n) is 1.63. The number of fused-ring (bicyclic) bond motifs is 1. The van der Waals surface area contributed by atoms with Gasteiger partial charge in [0.2, 0.25) is 0 Å². The maximum atomic E-state index is 11.7. The number of aromatic nitrogens is 1. The Hall–Kier alpha value is -1.84. The number of nitrogens with one attached hydrogen (secondary N) is 1. The zero-order valence-corrected chi connectivity index (χ0v) is 10.1. The van der Waals surface area contributed by atoms with Gasteiger partial charge in [-0.1, -0.05) is 25.0 Å². The molecular weight excluding hydrogens is 216 g/mol. The molecule has 4 nitrogen and oxygen atoms in total. The number of rotatable bonds is 4. The van der Waals surface area contributed by atoms with Crippen molar-refractivity contribution in [2.75, 3.05) is 11.9 Å². The van der Waals surface area contributed by atoms with Crippen molar-refractivity contribution < 1.29 is 4.42 Å². The molecule has 0 aliphatic heterocycles. The lowest BCUT2D eigenvalue weighted by Gasteiger charge is -2.04. The van der Waals surface area contributed by atoms with Crippen molar-refractivity contribution in [3.63, 3.8) is 0 Å². The van der Waals surface area contributed by atoms with E-state index >= 15 is 0 Å². The van der Waals surface area contributed by atoms with Crippen LogP contribution in [0.15, 0.2) is 27.4 Å². The van der Waals surface area contributed by atoms with Crippen LogP contribution in [0.25, 0.3) is 10.9 Å². The topological polar surface area (TPSA) is 55.1 Å². The highest BCUT2D eigenvalue weighted by Crippen LogP contribution is 2.12. The van der Waals surface area contributed by atoms with Gasteiger partial charge < -0.3 is 9.73 Å². The van der Waals surface area contributed by atoms with Crippen molar-refractivity contribution >= 4 is 16.9 Å². The molecule has 0 fully saturated rings. The van der Waals surface area contributed by atoms with E-state index in [0.29, 0.717) is 16.9 Å². The molecule has 0 aliphatic rings. The molecule has 2 rings (SSSR count). The molecule has 1 N–H and O–H groups in total. The minimum absolute atomic E-state index is 0.305. The molecule has 0 unspecified atom stereocenters. The van der Waals surface area contributed by atoms with E-state index in [1.54, 1.807) is 6.07 Å². The van der Waals surface area contributed by atoms with Gasteiger partial charge in [0.05, 0.1) is 10.9 Å². The van der Waals surface area contributed by atoms with E-state index in [0.717, 1.165) is 24.9 Å². The van der Waals surface area contributed by atoms with Gasteiger partial charge in [-0.25, -0.2) is 4.79 Å². The number of hydrogen-bond acceptors (Lipinski definition) is 4. The van der Waals surface area contributed by atoms with E-state index in [9.17, 15) is 4.79 Å². The number of aryl methyl sites for hydroxylation is 1. The molecule has 90 valence electrons. The Morgan fingerprint density at radius 3 is 3.00 bits per heavy atom. The predicted molar refractivity (Wildman–Crippen MR) is 68.4 cm³/mol. The molecule has 0 saturated carbocycles. The van der Waals surface area contributed by atoms with E-state index in [2.05, 4.69) is 17.2 Å². The summed E-state index contributed by atoms with van der Waals surface area (Å²) in [5.41, 5.74) is 1.36. The van der Waals surface area contributed by atoms with E-state index in [1.807, 2.05) is 19.1 Å². The van der Waals surface area contributed by atoms with Crippen LogP contribution >= 0.6 is 0 Å². The molecule has 0 saturated heterocycles. The first-order valence-corrected chi connectivity index (χ1v) is 5.86. The first-order chi connectivity index (χ1) is 8.20. The minimum atomic E-state index is -0.335. The molecule has 1 heterocycles. The second-order valence-electron chi connectivity index (χ2n) is 4.11. The first-order valence-electron chi connectivity index (χ1n) is 5.86. The van der Waals surface area contributed by atoms with Crippen molar-refractivity contribution in [1.29, 1.82) is 0 Å². The average Bonchev–Trinajstić information content (AvgIpc) is 2.31. The van der Waals surface area contributed by atoms with Crippen LogP contribution in [0.1, 0.15) is 25.3 Å². The predicted octanol–water partition coefficient (Wildman–Crippen LogP) is 2.71. The Morgan fingerprint density at radius 1 is 1.41 bits per heavy atom. The minimum Gasteiger partial charge on any atom is -0.389 e. The van der Waals surface area contributed by atoms with Gasteiger partial charge in [0.1, 0.15) is 0 Å². The van der Waals surface area contributed by atoms with Crippen molar-refractivity contribution in [3.05, 3.63) is 34.2 Å². The van der Waals surface area contributed by atoms with E-state index in [-0.39, 0.29) is 5.63 Å². The van der Waals surface area contributed by atoms with Crippen LogP contribution in [0.3, 0.4) is 0 Å². The molecular formula is C13H16N2O2. The maximum absolute atomic E-state index is 11.7. The SMILES string of the molecule is CCCCNc1nc2ccc(C)cc2c(=O)o1. The van der Waals surface area contributed by atoms with Gasteiger partial charge in [0.15, 0.2) is 0 Å². The van der Waals surface area contributed by atoms with Gasteiger partial charge in [0, 0.05) is 6.54 Å². The number of hydrogen-bond donors (Lipinski definition) is 1. The van der Waals surface area contributed by atoms with Crippen LogP contribution in [0, 0.1) is 6.92 Å². The van der Waals surface area contributed by atoms with Gasteiger partial charge in [-0.2, -0.15) is 4.98 Å². The number of nitrogens with zero attached hydrogens (tertiary/aromatic N) is 1. The highest BCUT2D eigenvalue weighted by Gasteiger charge is 2.05. The quantitative estimate of drug-likeness (QED) is 0.823. The third-order valence-electron chi connectivity index (χ3n) is 2.59. The first kappa shape index (κ1) is 11.6. The molecule has 1 aromatic heterocycles. The van der Waals surface area contributed by atoms with Crippen molar-refractivity contribution in [2.24, 2.45) is 0 Å². The third kappa shape index (κ3) is 2.64. The highest BCUT2D eigenvalue weighted by molar-refractivity contribution is 5.78. The fraction of sp³-hybridized carbons (Fsp3) is 0.385. The largest absolute Gasteiger partial charge is 0.389 e. The molecule has 4 heteroatoms. The molecule has 0 atom stereocenters. The lowest BCUT2D eigenvalue weighted by Crippen LogP contribution is -2.08. The fourth-order valence-corrected chi connectivity index (χ4v) is 1.63. The van der Waals surface area contributed by atoms with Gasteiger partial charge in [-0.3, -0.25) is 0 Å². The summed E-state index contributed by atoms with van der Waals surface area (Å²) in [6.45, 7) is 4.81. The van der Waals surface area contributed by atoms with Crippen LogP contribution in [0.5, 0.6) is 0 Å². The van der Waals surface area contributed by atoms with Crippen LogP contribution < -0.4 is 10.9 Å². The Labute approximate surface area is 99.7 Å². The summed E-state index contributed by atoms with van der Waals surface area (Å²) in [4.78, 5) is 16.0. The number of benzene rings is 1. The summed E-state index contributed by atoms with van der Waals surface area (Å²) < 4.78 is 5.11. The second kappa shape index (κ2) is 4.99. The number of anilines is 1. The Kier molecular flexibility index (Phi) is 3.42. The van der Waals surface area contributed by atoms with Crippen molar-refractivity contribution in [1.82, 2.24) is 4.98 Å². The third-order valence-corrected chi connectivity index (χ3v) is 2.59. The summed E-state index contributed by atoms with van der Waals surface area (Å²) in [6.07, 6.45) is 2.11. The smallest absolute Gasteiger partial charge is 0.348 e. The zero-order chi connectivity index (χ0) is 12.3. The highest BCUT2D eigenvalue weighted by atomic mass is 16.4. The molecule has 2 aromatic rings. The summed E-state index contributed by atoms with van der Waals surface area (Å²) in [6, 6.07) is 5.88. The Morgan fingerprint density at radius 2 is 2.24 bits per heavy atom. The van der Waals surface area contributed by atoms with Gasteiger partial charge >= 0.3 is 5.63 Å². The monoisotopic (exact) mass is 232 g/mol. The molecule has 0 aliphatic carbocycles. The average molecular weight is 232 g/mol. The lowest BCUT2D eigenvalue weighted by molar-refractivity contribution is 0.515. The molecule has 0 amide bonds. The summed E-state index contributed by atoms with van der Waals surface area (Å²) >= 11 is 0. The molecule has 17 heavy (non-hydrogen) atoms. The maximum Gasteiger partial charge on any atom is 0.348 e. The van der Waals surface area contributed by atoms with E-state index < -0.39 is 0 Å². The molecule has 1 aromatic carbocycles. The van der Waals surface area contributed by atoms with Crippen molar-refractivity contribution in [3.8, 4) is 0 Å². The van der Waals surface area contributed by atoms with Crippen LogP contribution in [-0.4, -0.2) is 11.5 Å². The Bertz CT molecular complexity index is 575. The second-order valence-corrected chi connectivity index (χ2v) is 4.11. The van der Waals surface area contributed by atoms with Crippen LogP contribution in [0.2, 0.25) is 0 Å². The standard InChI is InChI=1S/C13H16N2O2/c1-3-4-7-14-13-15-11-6-5-9(2)8-10(11)12(16)17-13/h5-6,8H,3-4,7H2,1-2H3,(H,14,15). The Balaban J connectivity index is 2.35. The van der Waals surface area contributed by atoms with Gasteiger partial charge in [-0.05, 0) is 25.5 Å². The van der Waals surface area contributed by atoms with Crippen LogP contribution in [-0.2, 0) is 0 Å². The number of unbranched alkanes of at least 4 members (excludes halogenated alkanes) is 1. The van der Waals surface area contributed by atoms with E-state index in [4.69, 9.17) is 4.42 Å². The van der Waals surface area contributed by atoms with E-state index in [1.165, 1.54) is 0 Å². The van der Waals surface area contributed by atoms with Crippen LogP contribution in [0.4, 0.5) is 6.01 Å². The normalized spacial score (nSPS) is 10.7. The lowest BCUT2D eigenvalue weighted by atomic mass is 10.2. The summed E-state index contributed by atoms with van der Waals surface area (Å²) in [7, 11) is 0. The molecule has 0 bridgehead atoms. The van der Waals surface area contributed by atoms with Crippen molar-refractivity contribution in [2.45, 2.75) is 26.7 Å². The zero-order valence-electron chi connectivity index (χ0n) is 10.1. The summed E-state index contributed by atoms with van der Waals surface area (Å²) in [5, 5.41) is 3.55. The summed E-state index contributed by atoms with van der Waals surface area (Å²) in [5.74, 6) is 0. The molecule has 0 radical (unpaired) electrons. The van der Waals surface area contributed by atoms with Gasteiger partial charge in [0.25, 0.3) is 6.01 Å².